The van der Waals surface area contributed by atoms with Gasteiger partial charge in [0.05, 0.1) is 18.8 Å². The van der Waals surface area contributed by atoms with Gasteiger partial charge in [-0.25, -0.2) is 13.6 Å². The zero-order valence-electron chi connectivity index (χ0n) is 15.2. The molecular weight excluding hydrogens is 372 g/mol. The Hall–Kier alpha value is -2.32. The van der Waals surface area contributed by atoms with Gasteiger partial charge >= 0.3 is 5.97 Å². The fraction of sp³-hybridized carbons (Fsp3) is 0.500. The molecule has 2 aliphatic carbocycles. The Morgan fingerprint density at radius 3 is 2.50 bits per heavy atom. The number of aliphatic carboxylic acids is 1. The second-order valence-corrected chi connectivity index (χ2v) is 7.53. The van der Waals surface area contributed by atoms with Crippen molar-refractivity contribution in [3.8, 4) is 0 Å². The standard InChI is InChI=1S/C20H21F2NO5/c21-16-8-14(18(24)15(19(25)26)10-23-12-1-2-12)17(22)7-13(16)11-3-4-20(9-11)27-5-6-28-20/h7-8,10-12,23H,1-6,9H2,(H,25,26). The van der Waals surface area contributed by atoms with E-state index in [9.17, 15) is 23.5 Å². The molecule has 3 aliphatic rings. The summed E-state index contributed by atoms with van der Waals surface area (Å²) >= 11 is 0. The van der Waals surface area contributed by atoms with Gasteiger partial charge < -0.3 is 19.9 Å². The third kappa shape index (κ3) is 3.66. The number of hydrogen-bond acceptors (Lipinski definition) is 5. The Balaban J connectivity index is 1.57. The van der Waals surface area contributed by atoms with Crippen LogP contribution < -0.4 is 5.32 Å². The predicted molar refractivity (Wildman–Crippen MR) is 93.8 cm³/mol. The SMILES string of the molecule is O=C(O)C(=CNC1CC1)C(=O)c1cc(F)c(C2CCC3(C2)OCCO3)cc1F. The molecule has 1 spiro atoms. The van der Waals surface area contributed by atoms with Crippen LogP contribution in [-0.2, 0) is 14.3 Å². The van der Waals surface area contributed by atoms with E-state index >= 15 is 0 Å². The number of hydrogen-bond donors (Lipinski definition) is 2. The number of carboxylic acid groups (broad SMARTS) is 1. The van der Waals surface area contributed by atoms with Crippen molar-refractivity contribution in [3.63, 3.8) is 0 Å². The largest absolute Gasteiger partial charge is 0.477 e. The number of ketones is 1. The highest BCUT2D eigenvalue weighted by Gasteiger charge is 2.45. The van der Waals surface area contributed by atoms with Crippen LogP contribution in [0.5, 0.6) is 0 Å². The van der Waals surface area contributed by atoms with Crippen molar-refractivity contribution in [2.75, 3.05) is 13.2 Å². The molecule has 150 valence electrons. The highest BCUT2D eigenvalue weighted by molar-refractivity contribution is 6.23. The van der Waals surface area contributed by atoms with Gasteiger partial charge in [-0.3, -0.25) is 4.79 Å². The molecule has 0 aromatic heterocycles. The van der Waals surface area contributed by atoms with E-state index in [2.05, 4.69) is 5.32 Å². The molecule has 1 unspecified atom stereocenters. The molecule has 1 saturated heterocycles. The minimum atomic E-state index is -1.49. The molecule has 6 nitrogen and oxygen atoms in total. The smallest absolute Gasteiger partial charge is 0.341 e. The van der Waals surface area contributed by atoms with Crippen molar-refractivity contribution in [1.29, 1.82) is 0 Å². The summed E-state index contributed by atoms with van der Waals surface area (Å²) in [4.78, 5) is 23.9. The van der Waals surface area contributed by atoms with Gasteiger partial charge in [0.2, 0.25) is 5.78 Å². The molecule has 0 radical (unpaired) electrons. The first-order valence-corrected chi connectivity index (χ1v) is 9.39. The Labute approximate surface area is 160 Å². The fourth-order valence-corrected chi connectivity index (χ4v) is 3.87. The van der Waals surface area contributed by atoms with E-state index < -0.39 is 40.3 Å². The lowest BCUT2D eigenvalue weighted by molar-refractivity contribution is -0.151. The first kappa shape index (κ1) is 19.0. The molecule has 1 aliphatic heterocycles. The van der Waals surface area contributed by atoms with Gasteiger partial charge in [-0.05, 0) is 42.9 Å². The van der Waals surface area contributed by atoms with Gasteiger partial charge in [-0.2, -0.15) is 0 Å². The van der Waals surface area contributed by atoms with Crippen molar-refractivity contribution >= 4 is 11.8 Å². The first-order valence-electron chi connectivity index (χ1n) is 9.39. The molecule has 0 bridgehead atoms. The van der Waals surface area contributed by atoms with E-state index in [1.807, 2.05) is 0 Å². The van der Waals surface area contributed by atoms with Crippen molar-refractivity contribution < 1.29 is 33.0 Å². The summed E-state index contributed by atoms with van der Waals surface area (Å²) in [5.74, 6) is -5.23. The zero-order valence-corrected chi connectivity index (χ0v) is 15.2. The Morgan fingerprint density at radius 1 is 1.14 bits per heavy atom. The lowest BCUT2D eigenvalue weighted by Crippen LogP contribution is -2.25. The highest BCUT2D eigenvalue weighted by atomic mass is 19.1. The summed E-state index contributed by atoms with van der Waals surface area (Å²) in [5, 5.41) is 12.1. The second kappa shape index (κ2) is 7.25. The summed E-state index contributed by atoms with van der Waals surface area (Å²) in [6.45, 7) is 0.965. The maximum absolute atomic E-state index is 14.7. The van der Waals surface area contributed by atoms with Crippen LogP contribution in [0.25, 0.3) is 0 Å². The number of carboxylic acids is 1. The van der Waals surface area contributed by atoms with Crippen molar-refractivity contribution in [2.24, 2.45) is 0 Å². The minimum Gasteiger partial charge on any atom is -0.477 e. The number of halogens is 2. The number of benzene rings is 1. The number of nitrogens with one attached hydrogen (secondary N) is 1. The predicted octanol–water partition coefficient (Wildman–Crippen LogP) is 2.88. The summed E-state index contributed by atoms with van der Waals surface area (Å²) in [7, 11) is 0. The normalized spacial score (nSPS) is 23.9. The van der Waals surface area contributed by atoms with E-state index in [0.717, 1.165) is 31.2 Å². The molecule has 2 N–H and O–H groups in total. The van der Waals surface area contributed by atoms with E-state index in [4.69, 9.17) is 9.47 Å². The molecule has 1 atom stereocenters. The molecule has 28 heavy (non-hydrogen) atoms. The Morgan fingerprint density at radius 2 is 1.86 bits per heavy atom. The number of ether oxygens (including phenoxy) is 2. The van der Waals surface area contributed by atoms with E-state index in [0.29, 0.717) is 32.5 Å². The van der Waals surface area contributed by atoms with Crippen LogP contribution in [0.4, 0.5) is 8.78 Å². The van der Waals surface area contributed by atoms with E-state index in [1.165, 1.54) is 0 Å². The van der Waals surface area contributed by atoms with Gasteiger partial charge in [0.1, 0.15) is 17.2 Å². The third-order valence-electron chi connectivity index (χ3n) is 5.53. The van der Waals surface area contributed by atoms with Gasteiger partial charge in [0.25, 0.3) is 0 Å². The molecule has 0 amide bonds. The lowest BCUT2D eigenvalue weighted by atomic mass is 9.93. The van der Waals surface area contributed by atoms with E-state index in [-0.39, 0.29) is 17.5 Å². The van der Waals surface area contributed by atoms with Crippen LogP contribution in [-0.4, -0.2) is 41.9 Å². The summed E-state index contributed by atoms with van der Waals surface area (Å²) in [5.41, 5.74) is -1.05. The molecular formula is C20H21F2NO5. The zero-order chi connectivity index (χ0) is 19.9. The number of carbonyl (C=O) groups excluding carboxylic acids is 1. The van der Waals surface area contributed by atoms with Crippen LogP contribution >= 0.6 is 0 Å². The maximum atomic E-state index is 14.7. The summed E-state index contributed by atoms with van der Waals surface area (Å²) < 4.78 is 40.6. The van der Waals surface area contributed by atoms with E-state index in [1.54, 1.807) is 0 Å². The molecule has 4 rings (SSSR count). The Bertz CT molecular complexity index is 843. The van der Waals surface area contributed by atoms with Crippen molar-refractivity contribution in [1.82, 2.24) is 5.32 Å². The highest BCUT2D eigenvalue weighted by Crippen LogP contribution is 2.46. The Kier molecular flexibility index (Phi) is 4.93. The average Bonchev–Trinajstić information content (AvgIpc) is 3.22. The second-order valence-electron chi connectivity index (χ2n) is 7.53. The lowest BCUT2D eigenvalue weighted by Gasteiger charge is -2.21. The molecule has 2 saturated carbocycles. The fourth-order valence-electron chi connectivity index (χ4n) is 3.87. The average molecular weight is 393 g/mol. The van der Waals surface area contributed by atoms with Crippen LogP contribution in [0, 0.1) is 11.6 Å². The van der Waals surface area contributed by atoms with Gasteiger partial charge in [0, 0.05) is 25.1 Å². The van der Waals surface area contributed by atoms with Gasteiger partial charge in [-0.1, -0.05) is 0 Å². The molecule has 3 fully saturated rings. The van der Waals surface area contributed by atoms with Crippen LogP contribution in [0.2, 0.25) is 0 Å². The van der Waals surface area contributed by atoms with Gasteiger partial charge in [0.15, 0.2) is 5.79 Å². The molecule has 1 aromatic carbocycles. The quantitative estimate of drug-likeness (QED) is 0.335. The number of Topliss-reactive ketones (excluding diaryl/α,β-unsaturated/α-hetero) is 1. The summed E-state index contributed by atoms with van der Waals surface area (Å²) in [6.07, 6.45) is 4.43. The van der Waals surface area contributed by atoms with Gasteiger partial charge in [-0.15, -0.1) is 0 Å². The molecule has 1 heterocycles. The van der Waals surface area contributed by atoms with Crippen LogP contribution in [0.15, 0.2) is 23.9 Å². The first-order chi connectivity index (χ1) is 13.4. The van der Waals surface area contributed by atoms with Crippen molar-refractivity contribution in [2.45, 2.75) is 49.9 Å². The molecule has 8 heteroatoms. The third-order valence-corrected chi connectivity index (χ3v) is 5.53. The maximum Gasteiger partial charge on any atom is 0.341 e. The summed E-state index contributed by atoms with van der Waals surface area (Å²) in [6, 6.07) is 1.91. The minimum absolute atomic E-state index is 0.126. The van der Waals surface area contributed by atoms with Crippen molar-refractivity contribution in [3.05, 3.63) is 46.7 Å². The van der Waals surface area contributed by atoms with Crippen LogP contribution in [0.1, 0.15) is 53.9 Å². The molecule has 1 aromatic rings. The number of rotatable bonds is 6. The monoisotopic (exact) mass is 393 g/mol. The van der Waals surface area contributed by atoms with Crippen LogP contribution in [0.3, 0.4) is 0 Å². The topological polar surface area (TPSA) is 84.9 Å². The number of carbonyl (C=O) groups is 2.